The number of carbonyl (C=O) groups is 3. The minimum Gasteiger partial charge on any atom is -0.459 e. The fraction of sp³-hybridized carbons (Fsp3) is 0.304. The number of rotatable bonds is 4. The van der Waals surface area contributed by atoms with Crippen LogP contribution in [0.1, 0.15) is 35.3 Å². The Morgan fingerprint density at radius 2 is 1.77 bits per heavy atom. The van der Waals surface area contributed by atoms with E-state index in [4.69, 9.17) is 9.47 Å². The lowest BCUT2D eigenvalue weighted by Gasteiger charge is -2.41. The molecule has 31 heavy (non-hydrogen) atoms. The second-order valence-electron chi connectivity index (χ2n) is 8.17. The molecule has 0 radical (unpaired) electrons. The quantitative estimate of drug-likeness (QED) is 0.541. The Bertz CT molecular complexity index is 1110. The van der Waals surface area contributed by atoms with Crippen molar-refractivity contribution in [2.24, 2.45) is 4.99 Å². The Balaban J connectivity index is 1.34. The molecule has 2 aromatic carbocycles. The van der Waals surface area contributed by atoms with E-state index >= 15 is 0 Å². The summed E-state index contributed by atoms with van der Waals surface area (Å²) in [5.41, 5.74) is 1.91. The van der Waals surface area contributed by atoms with Gasteiger partial charge in [0.1, 0.15) is 18.0 Å². The van der Waals surface area contributed by atoms with Gasteiger partial charge in [-0.1, -0.05) is 42.5 Å². The SMILES string of the molecule is CC1(C)S[C@H]2[C@@H](N=C3OC(=O)c4ccccc43)C(=O)N2[C@H]1C(=O)OCc1ccccc1. The van der Waals surface area contributed by atoms with E-state index in [0.29, 0.717) is 11.1 Å². The van der Waals surface area contributed by atoms with Crippen molar-refractivity contribution in [1.29, 1.82) is 0 Å². The zero-order chi connectivity index (χ0) is 21.8. The molecule has 1 amide bonds. The average molecular weight is 436 g/mol. The topological polar surface area (TPSA) is 85.3 Å². The van der Waals surface area contributed by atoms with Crippen LogP contribution in [0.25, 0.3) is 0 Å². The number of cyclic esters (lactones) is 1. The molecule has 3 atom stereocenters. The van der Waals surface area contributed by atoms with Gasteiger partial charge in [0.2, 0.25) is 5.90 Å². The summed E-state index contributed by atoms with van der Waals surface area (Å²) >= 11 is 1.51. The lowest BCUT2D eigenvalue weighted by atomic mass is 9.96. The molecular formula is C23H20N2O5S. The maximum absolute atomic E-state index is 13.0. The van der Waals surface area contributed by atoms with Crippen molar-refractivity contribution in [3.63, 3.8) is 0 Å². The van der Waals surface area contributed by atoms with Crippen molar-refractivity contribution < 1.29 is 23.9 Å². The maximum atomic E-state index is 13.0. The highest BCUT2D eigenvalue weighted by atomic mass is 32.2. The number of esters is 2. The molecule has 0 spiro atoms. The largest absolute Gasteiger partial charge is 0.459 e. The summed E-state index contributed by atoms with van der Waals surface area (Å²) in [6.07, 6.45) is 0. The molecule has 3 heterocycles. The van der Waals surface area contributed by atoms with Crippen LogP contribution in [0.2, 0.25) is 0 Å². The predicted molar refractivity (Wildman–Crippen MR) is 115 cm³/mol. The molecule has 5 rings (SSSR count). The number of hydrogen-bond acceptors (Lipinski definition) is 7. The molecule has 0 aromatic heterocycles. The minimum absolute atomic E-state index is 0.155. The van der Waals surface area contributed by atoms with Gasteiger partial charge < -0.3 is 14.4 Å². The van der Waals surface area contributed by atoms with Crippen LogP contribution in [-0.4, -0.2) is 50.8 Å². The summed E-state index contributed by atoms with van der Waals surface area (Å²) in [6, 6.07) is 15.0. The zero-order valence-corrected chi connectivity index (χ0v) is 17.8. The van der Waals surface area contributed by atoms with E-state index in [1.807, 2.05) is 44.2 Å². The molecule has 3 aliphatic heterocycles. The molecule has 0 bridgehead atoms. The molecule has 3 aliphatic rings. The van der Waals surface area contributed by atoms with Gasteiger partial charge in [0.05, 0.1) is 11.1 Å². The third kappa shape index (κ3) is 3.22. The average Bonchev–Trinajstić information content (AvgIpc) is 3.22. The highest BCUT2D eigenvalue weighted by Crippen LogP contribution is 2.52. The third-order valence-corrected chi connectivity index (χ3v) is 7.24. The van der Waals surface area contributed by atoms with E-state index in [-0.39, 0.29) is 23.8 Å². The monoisotopic (exact) mass is 436 g/mol. The molecule has 2 aromatic rings. The Morgan fingerprint density at radius 3 is 2.52 bits per heavy atom. The van der Waals surface area contributed by atoms with Crippen LogP contribution in [0.5, 0.6) is 0 Å². The molecule has 8 heteroatoms. The van der Waals surface area contributed by atoms with E-state index in [0.717, 1.165) is 5.56 Å². The number of hydrogen-bond donors (Lipinski definition) is 0. The van der Waals surface area contributed by atoms with E-state index in [2.05, 4.69) is 4.99 Å². The summed E-state index contributed by atoms with van der Waals surface area (Å²) in [5, 5.41) is -0.310. The lowest BCUT2D eigenvalue weighted by molar-refractivity contribution is -0.163. The van der Waals surface area contributed by atoms with Crippen LogP contribution in [0.3, 0.4) is 0 Å². The van der Waals surface area contributed by atoms with Gasteiger partial charge in [-0.3, -0.25) is 4.79 Å². The van der Waals surface area contributed by atoms with Gasteiger partial charge in [-0.25, -0.2) is 14.6 Å². The van der Waals surface area contributed by atoms with Crippen LogP contribution in [0.15, 0.2) is 59.6 Å². The van der Waals surface area contributed by atoms with E-state index < -0.39 is 28.8 Å². The first-order chi connectivity index (χ1) is 14.9. The van der Waals surface area contributed by atoms with Crippen molar-refractivity contribution >= 4 is 35.5 Å². The summed E-state index contributed by atoms with van der Waals surface area (Å²) in [5.74, 6) is -1.01. The molecule has 158 valence electrons. The van der Waals surface area contributed by atoms with Crippen LogP contribution in [0.4, 0.5) is 0 Å². The number of thioether (sulfide) groups is 1. The molecule has 2 fully saturated rings. The van der Waals surface area contributed by atoms with E-state index in [1.165, 1.54) is 11.8 Å². The molecule has 0 N–H and O–H groups in total. The smallest absolute Gasteiger partial charge is 0.345 e. The Kier molecular flexibility index (Phi) is 4.62. The van der Waals surface area contributed by atoms with Gasteiger partial charge in [0, 0.05) is 4.75 Å². The first-order valence-corrected chi connectivity index (χ1v) is 10.8. The lowest BCUT2D eigenvalue weighted by Crippen LogP contribution is -2.65. The molecule has 0 aliphatic carbocycles. The van der Waals surface area contributed by atoms with Gasteiger partial charge in [0.25, 0.3) is 5.91 Å². The summed E-state index contributed by atoms with van der Waals surface area (Å²) in [7, 11) is 0. The van der Waals surface area contributed by atoms with Gasteiger partial charge in [-0.2, -0.15) is 0 Å². The maximum Gasteiger partial charge on any atom is 0.345 e. The fourth-order valence-electron chi connectivity index (χ4n) is 4.17. The number of carbonyl (C=O) groups excluding carboxylic acids is 3. The van der Waals surface area contributed by atoms with Crippen LogP contribution >= 0.6 is 11.8 Å². The highest BCUT2D eigenvalue weighted by Gasteiger charge is 2.64. The Hall–Kier alpha value is -3.13. The van der Waals surface area contributed by atoms with Crippen molar-refractivity contribution in [2.75, 3.05) is 0 Å². The van der Waals surface area contributed by atoms with Crippen molar-refractivity contribution in [3.8, 4) is 0 Å². The minimum atomic E-state index is -0.704. The second-order valence-corrected chi connectivity index (χ2v) is 9.94. The van der Waals surface area contributed by atoms with E-state index in [9.17, 15) is 14.4 Å². The summed E-state index contributed by atoms with van der Waals surface area (Å²) in [6.45, 7) is 4.00. The Morgan fingerprint density at radius 1 is 1.10 bits per heavy atom. The standard InChI is InChI=1S/C23H20N2O5S/c1-23(2)17(22(28)29-12-13-8-4-3-5-9-13)25-19(26)16(20(25)31-23)24-18-14-10-6-7-11-15(14)21(27)30-18/h3-11,16-17,20H,12H2,1-2H3/t16-,17-,20-/m0/s1. The molecule has 0 unspecified atom stereocenters. The number of β-lactam (4-membered cyclic amide) rings is 1. The number of nitrogens with zero attached hydrogens (tertiary/aromatic N) is 2. The van der Waals surface area contributed by atoms with Crippen LogP contribution < -0.4 is 0 Å². The van der Waals surface area contributed by atoms with Crippen molar-refractivity contribution in [2.45, 2.75) is 42.7 Å². The second kappa shape index (κ2) is 7.23. The van der Waals surface area contributed by atoms with Crippen molar-refractivity contribution in [3.05, 3.63) is 71.3 Å². The predicted octanol–water partition coefficient (Wildman–Crippen LogP) is 2.78. The van der Waals surface area contributed by atoms with Gasteiger partial charge >= 0.3 is 11.9 Å². The van der Waals surface area contributed by atoms with Crippen LogP contribution in [0, 0.1) is 0 Å². The fourth-order valence-corrected chi connectivity index (χ4v) is 5.77. The first kappa shape index (κ1) is 19.8. The number of ether oxygens (including phenoxy) is 2. The zero-order valence-electron chi connectivity index (χ0n) is 17.0. The van der Waals surface area contributed by atoms with Crippen molar-refractivity contribution in [1.82, 2.24) is 4.90 Å². The summed E-state index contributed by atoms with van der Waals surface area (Å²) in [4.78, 5) is 43.9. The normalized spacial score (nSPS) is 26.8. The Labute approximate surface area is 183 Å². The van der Waals surface area contributed by atoms with E-state index in [1.54, 1.807) is 29.2 Å². The van der Waals surface area contributed by atoms with Crippen LogP contribution in [-0.2, 0) is 25.7 Å². The third-order valence-electron chi connectivity index (χ3n) is 5.68. The molecule has 7 nitrogen and oxygen atoms in total. The molecule has 2 saturated heterocycles. The van der Waals surface area contributed by atoms with Gasteiger partial charge in [-0.15, -0.1) is 11.8 Å². The highest BCUT2D eigenvalue weighted by molar-refractivity contribution is 8.01. The van der Waals surface area contributed by atoms with Gasteiger partial charge in [0.15, 0.2) is 6.04 Å². The number of benzene rings is 2. The molecule has 0 saturated carbocycles. The number of fused-ring (bicyclic) bond motifs is 2. The molecular weight excluding hydrogens is 416 g/mol. The summed E-state index contributed by atoms with van der Waals surface area (Å²) < 4.78 is 10.3. The van der Waals surface area contributed by atoms with Gasteiger partial charge in [-0.05, 0) is 31.5 Å². The number of amides is 1. The first-order valence-electron chi connectivity index (χ1n) is 9.97. The number of aliphatic imine (C=N–C) groups is 1.